The quantitative estimate of drug-likeness (QED) is 0.605. The van der Waals surface area contributed by atoms with Crippen molar-refractivity contribution in [3.05, 3.63) is 0 Å². The first-order valence-electron chi connectivity index (χ1n) is 5.71. The Kier molecular flexibility index (Phi) is 5.43. The number of carbonyl (C=O) groups is 3. The molecule has 2 N–H and O–H groups in total. The van der Waals surface area contributed by atoms with Crippen LogP contribution in [0.4, 0.5) is 0 Å². The zero-order chi connectivity index (χ0) is 15.4. The summed E-state index contributed by atoms with van der Waals surface area (Å²) >= 11 is 0. The summed E-state index contributed by atoms with van der Waals surface area (Å²) < 4.78 is 19.6. The van der Waals surface area contributed by atoms with E-state index in [4.69, 9.17) is 24.1 Å². The molecule has 9 nitrogen and oxygen atoms in total. The summed E-state index contributed by atoms with van der Waals surface area (Å²) in [6.45, 7) is 2.18. The van der Waals surface area contributed by atoms with Crippen LogP contribution in [0.5, 0.6) is 0 Å². The summed E-state index contributed by atoms with van der Waals surface area (Å²) in [5.41, 5.74) is 0. The third kappa shape index (κ3) is 3.65. The average molecular weight is 292 g/mol. The van der Waals surface area contributed by atoms with Gasteiger partial charge in [0, 0.05) is 21.0 Å². The maximum absolute atomic E-state index is 11.1. The summed E-state index contributed by atoms with van der Waals surface area (Å²) in [4.78, 5) is 33.1. The van der Waals surface area contributed by atoms with Crippen LogP contribution in [0.1, 0.15) is 13.8 Å². The predicted molar refractivity (Wildman–Crippen MR) is 60.4 cm³/mol. The lowest BCUT2D eigenvalue weighted by atomic mass is 9.98. The summed E-state index contributed by atoms with van der Waals surface area (Å²) in [6, 6.07) is 0. The summed E-state index contributed by atoms with van der Waals surface area (Å²) in [7, 11) is 1.19. The molecule has 0 spiro atoms. The van der Waals surface area contributed by atoms with E-state index in [1.807, 2.05) is 0 Å². The van der Waals surface area contributed by atoms with Crippen molar-refractivity contribution in [2.45, 2.75) is 44.6 Å². The molecule has 114 valence electrons. The Balaban J connectivity index is 3.04. The fourth-order valence-electron chi connectivity index (χ4n) is 1.87. The minimum absolute atomic E-state index is 0.723. The number of aliphatic hydroxyl groups excluding tert-OH is 1. The molecule has 0 saturated carbocycles. The Bertz CT molecular complexity index is 393. The monoisotopic (exact) mass is 292 g/mol. The van der Waals surface area contributed by atoms with Gasteiger partial charge in [-0.3, -0.25) is 9.59 Å². The molecule has 0 bridgehead atoms. The van der Waals surface area contributed by atoms with Gasteiger partial charge >= 0.3 is 17.9 Å². The first-order chi connectivity index (χ1) is 9.27. The molecule has 9 heteroatoms. The molecule has 1 heterocycles. The number of rotatable bonds is 4. The van der Waals surface area contributed by atoms with Crippen LogP contribution in [0, 0.1) is 0 Å². The minimum Gasteiger partial charge on any atom is -0.479 e. The topological polar surface area (TPSA) is 129 Å². The van der Waals surface area contributed by atoms with E-state index >= 15 is 0 Å². The SMILES string of the molecule is CO[C@H]1[C@H](O)[C@@H](C(=O)O)OC(OC(C)=O)[C@@H]1OC(C)=O. The van der Waals surface area contributed by atoms with E-state index < -0.39 is 48.6 Å². The van der Waals surface area contributed by atoms with E-state index in [0.717, 1.165) is 13.8 Å². The van der Waals surface area contributed by atoms with Crippen molar-refractivity contribution in [3.63, 3.8) is 0 Å². The predicted octanol–water partition coefficient (Wildman–Crippen LogP) is -1.33. The summed E-state index contributed by atoms with van der Waals surface area (Å²) in [5.74, 6) is -2.95. The van der Waals surface area contributed by atoms with Crippen molar-refractivity contribution in [1.82, 2.24) is 0 Å². The van der Waals surface area contributed by atoms with Crippen molar-refractivity contribution in [2.24, 2.45) is 0 Å². The second-order valence-corrected chi connectivity index (χ2v) is 4.14. The number of aliphatic hydroxyl groups is 1. The van der Waals surface area contributed by atoms with Gasteiger partial charge in [-0.25, -0.2) is 4.79 Å². The molecule has 0 aromatic rings. The van der Waals surface area contributed by atoms with Crippen molar-refractivity contribution in [2.75, 3.05) is 7.11 Å². The molecule has 1 fully saturated rings. The van der Waals surface area contributed by atoms with Crippen LogP contribution >= 0.6 is 0 Å². The lowest BCUT2D eigenvalue weighted by molar-refractivity contribution is -0.292. The standard InChI is InChI=1S/C11H16O9/c1-4(12)18-9-7(17-3)6(14)8(10(15)16)20-11(9)19-5(2)13/h6-9,11,14H,1-3H3,(H,15,16)/t6-,7-,8-,9+,11?/m0/s1. The highest BCUT2D eigenvalue weighted by atomic mass is 16.7. The van der Waals surface area contributed by atoms with E-state index in [9.17, 15) is 19.5 Å². The van der Waals surface area contributed by atoms with Crippen LogP contribution in [-0.4, -0.2) is 65.9 Å². The lowest BCUT2D eigenvalue weighted by Gasteiger charge is -2.41. The van der Waals surface area contributed by atoms with Gasteiger partial charge in [0.15, 0.2) is 12.2 Å². The summed E-state index contributed by atoms with van der Waals surface area (Å²) in [6.07, 6.45) is -7.22. The molecular formula is C11H16O9. The number of hydrogen-bond acceptors (Lipinski definition) is 8. The first kappa shape index (κ1) is 16.3. The molecule has 20 heavy (non-hydrogen) atoms. The van der Waals surface area contributed by atoms with Crippen LogP contribution < -0.4 is 0 Å². The largest absolute Gasteiger partial charge is 0.479 e. The van der Waals surface area contributed by atoms with Gasteiger partial charge in [0.25, 0.3) is 0 Å². The fraction of sp³-hybridized carbons (Fsp3) is 0.727. The molecule has 0 aromatic carbocycles. The van der Waals surface area contributed by atoms with Gasteiger partial charge in [-0.15, -0.1) is 0 Å². The molecule has 1 rings (SSSR count). The Labute approximate surface area is 114 Å². The summed E-state index contributed by atoms with van der Waals surface area (Å²) in [5, 5.41) is 18.8. The third-order valence-electron chi connectivity index (χ3n) is 2.62. The van der Waals surface area contributed by atoms with Crippen molar-refractivity contribution in [3.8, 4) is 0 Å². The van der Waals surface area contributed by atoms with Gasteiger partial charge in [0.2, 0.25) is 6.29 Å². The maximum Gasteiger partial charge on any atom is 0.335 e. The van der Waals surface area contributed by atoms with E-state index in [0.29, 0.717) is 0 Å². The number of methoxy groups -OCH3 is 1. The molecule has 1 saturated heterocycles. The van der Waals surface area contributed by atoms with Gasteiger partial charge in [-0.05, 0) is 0 Å². The normalized spacial score (nSPS) is 33.3. The first-order valence-corrected chi connectivity index (χ1v) is 5.71. The van der Waals surface area contributed by atoms with Crippen LogP contribution in [0.25, 0.3) is 0 Å². The van der Waals surface area contributed by atoms with Gasteiger partial charge in [-0.2, -0.15) is 0 Å². The van der Waals surface area contributed by atoms with Gasteiger partial charge in [0.05, 0.1) is 0 Å². The molecule has 1 unspecified atom stereocenters. The Morgan fingerprint density at radius 2 is 1.60 bits per heavy atom. The van der Waals surface area contributed by atoms with E-state index in [-0.39, 0.29) is 0 Å². The Morgan fingerprint density at radius 1 is 1.05 bits per heavy atom. The van der Waals surface area contributed by atoms with E-state index in [1.165, 1.54) is 7.11 Å². The fourth-order valence-corrected chi connectivity index (χ4v) is 1.87. The number of esters is 2. The molecule has 1 aliphatic heterocycles. The van der Waals surface area contributed by atoms with Crippen molar-refractivity contribution >= 4 is 17.9 Å². The van der Waals surface area contributed by atoms with Crippen molar-refractivity contribution in [1.29, 1.82) is 0 Å². The average Bonchev–Trinajstić information content (AvgIpc) is 2.31. The molecule has 1 aliphatic rings. The molecule has 0 aromatic heterocycles. The minimum atomic E-state index is -1.67. The number of aliphatic carboxylic acids is 1. The number of carboxylic acids is 1. The Morgan fingerprint density at radius 3 is 2.00 bits per heavy atom. The number of ether oxygens (including phenoxy) is 4. The number of hydrogen-bond donors (Lipinski definition) is 2. The number of carbonyl (C=O) groups excluding carboxylic acids is 2. The third-order valence-corrected chi connectivity index (χ3v) is 2.62. The zero-order valence-corrected chi connectivity index (χ0v) is 11.1. The van der Waals surface area contributed by atoms with Crippen LogP contribution in [0.3, 0.4) is 0 Å². The zero-order valence-electron chi connectivity index (χ0n) is 11.1. The van der Waals surface area contributed by atoms with Crippen LogP contribution in [-0.2, 0) is 33.3 Å². The van der Waals surface area contributed by atoms with Crippen LogP contribution in [0.15, 0.2) is 0 Å². The Hall–Kier alpha value is -1.71. The maximum atomic E-state index is 11.1. The smallest absolute Gasteiger partial charge is 0.335 e. The van der Waals surface area contributed by atoms with Gasteiger partial charge in [0.1, 0.15) is 12.2 Å². The molecule has 5 atom stereocenters. The highest BCUT2D eigenvalue weighted by Gasteiger charge is 2.51. The molecule has 0 radical (unpaired) electrons. The van der Waals surface area contributed by atoms with E-state index in [2.05, 4.69) is 0 Å². The second-order valence-electron chi connectivity index (χ2n) is 4.14. The number of carboxylic acid groups (broad SMARTS) is 1. The van der Waals surface area contributed by atoms with Gasteiger partial charge in [-0.1, -0.05) is 0 Å². The lowest BCUT2D eigenvalue weighted by Crippen LogP contribution is -2.62. The molecule has 0 aliphatic carbocycles. The highest BCUT2D eigenvalue weighted by Crippen LogP contribution is 2.26. The second kappa shape index (κ2) is 6.64. The molecular weight excluding hydrogens is 276 g/mol. The van der Waals surface area contributed by atoms with Gasteiger partial charge < -0.3 is 29.2 Å². The van der Waals surface area contributed by atoms with E-state index in [1.54, 1.807) is 0 Å². The molecule has 0 amide bonds. The van der Waals surface area contributed by atoms with Crippen LogP contribution in [0.2, 0.25) is 0 Å². The highest BCUT2D eigenvalue weighted by molar-refractivity contribution is 5.73. The van der Waals surface area contributed by atoms with Crippen molar-refractivity contribution < 1.29 is 43.5 Å².